The lowest BCUT2D eigenvalue weighted by molar-refractivity contribution is -0.145. The summed E-state index contributed by atoms with van der Waals surface area (Å²) in [6.45, 7) is 4.49. The molecule has 1 rings (SSSR count). The Kier molecular flexibility index (Phi) is 6.49. The van der Waals surface area contributed by atoms with Gasteiger partial charge in [0.1, 0.15) is 6.54 Å². The molecule has 0 saturated carbocycles. The number of rotatable bonds is 6. The maximum Gasteiger partial charge on any atom is 0.327 e. The van der Waals surface area contributed by atoms with Crippen LogP contribution in [0.4, 0.5) is 5.69 Å². The van der Waals surface area contributed by atoms with Crippen molar-refractivity contribution in [1.29, 1.82) is 0 Å². The lowest BCUT2D eigenvalue weighted by Crippen LogP contribution is -2.38. The Labute approximate surface area is 138 Å². The van der Waals surface area contributed by atoms with Crippen molar-refractivity contribution in [3.63, 3.8) is 0 Å². The van der Waals surface area contributed by atoms with E-state index in [1.54, 1.807) is 32.0 Å². The SMILES string of the molecule is CCS(=O)(=O)N(CC(=O)OC(C)C)c1ccc(Br)cc1Cl. The van der Waals surface area contributed by atoms with E-state index in [0.29, 0.717) is 0 Å². The van der Waals surface area contributed by atoms with E-state index < -0.39 is 22.5 Å². The number of esters is 1. The van der Waals surface area contributed by atoms with Gasteiger partial charge in [0.2, 0.25) is 10.0 Å². The van der Waals surface area contributed by atoms with E-state index in [2.05, 4.69) is 15.9 Å². The minimum atomic E-state index is -3.65. The van der Waals surface area contributed by atoms with Crippen LogP contribution in [0.15, 0.2) is 22.7 Å². The molecule has 0 saturated heterocycles. The van der Waals surface area contributed by atoms with Crippen LogP contribution in [0.1, 0.15) is 20.8 Å². The van der Waals surface area contributed by atoms with Crippen LogP contribution < -0.4 is 4.31 Å². The van der Waals surface area contributed by atoms with Crippen LogP contribution in [0, 0.1) is 0 Å². The number of hydrogen-bond donors (Lipinski definition) is 0. The van der Waals surface area contributed by atoms with E-state index in [9.17, 15) is 13.2 Å². The summed E-state index contributed by atoms with van der Waals surface area (Å²) in [6, 6.07) is 4.78. The van der Waals surface area contributed by atoms with Gasteiger partial charge in [-0.2, -0.15) is 0 Å². The fourth-order valence-electron chi connectivity index (χ4n) is 1.59. The minimum absolute atomic E-state index is 0.144. The van der Waals surface area contributed by atoms with Crippen LogP contribution in [0.25, 0.3) is 0 Å². The summed E-state index contributed by atoms with van der Waals surface area (Å²) in [6.07, 6.45) is -0.316. The molecule has 0 aliphatic heterocycles. The molecule has 0 radical (unpaired) electrons. The smallest absolute Gasteiger partial charge is 0.327 e. The summed E-state index contributed by atoms with van der Waals surface area (Å²) in [5, 5.41) is 0.235. The standard InChI is InChI=1S/C13H17BrClNO4S/c1-4-21(18,19)16(8-13(17)20-9(2)3)12-6-5-10(14)7-11(12)15/h5-7,9H,4,8H2,1-3H3. The van der Waals surface area contributed by atoms with Gasteiger partial charge in [0.15, 0.2) is 0 Å². The van der Waals surface area contributed by atoms with E-state index in [1.165, 1.54) is 6.92 Å². The van der Waals surface area contributed by atoms with Crippen LogP contribution in [-0.2, 0) is 19.6 Å². The molecule has 5 nitrogen and oxygen atoms in total. The van der Waals surface area contributed by atoms with Crippen LogP contribution in [0.2, 0.25) is 5.02 Å². The highest BCUT2D eigenvalue weighted by atomic mass is 79.9. The third kappa shape index (κ3) is 5.16. The van der Waals surface area contributed by atoms with Crippen molar-refractivity contribution in [2.45, 2.75) is 26.9 Å². The first-order valence-corrected chi connectivity index (χ1v) is 9.10. The van der Waals surface area contributed by atoms with Gasteiger partial charge in [0.05, 0.1) is 22.6 Å². The quantitative estimate of drug-likeness (QED) is 0.690. The average Bonchev–Trinajstić information content (AvgIpc) is 2.35. The van der Waals surface area contributed by atoms with Crippen molar-refractivity contribution in [2.75, 3.05) is 16.6 Å². The average molecular weight is 399 g/mol. The fraction of sp³-hybridized carbons (Fsp3) is 0.462. The minimum Gasteiger partial charge on any atom is -0.462 e. The molecule has 0 spiro atoms. The highest BCUT2D eigenvalue weighted by molar-refractivity contribution is 9.10. The molecule has 0 heterocycles. The number of sulfonamides is 1. The number of nitrogens with zero attached hydrogens (tertiary/aromatic N) is 1. The molecule has 0 unspecified atom stereocenters. The molecule has 0 N–H and O–H groups in total. The molecule has 0 aromatic heterocycles. The van der Waals surface area contributed by atoms with Crippen LogP contribution in [0.3, 0.4) is 0 Å². The van der Waals surface area contributed by atoms with Gasteiger partial charge in [0.25, 0.3) is 0 Å². The van der Waals surface area contributed by atoms with Gasteiger partial charge in [0, 0.05) is 4.47 Å². The Balaban J connectivity index is 3.18. The first-order chi connectivity index (χ1) is 9.67. The van der Waals surface area contributed by atoms with Gasteiger partial charge in [-0.05, 0) is 39.0 Å². The van der Waals surface area contributed by atoms with Crippen LogP contribution in [-0.4, -0.2) is 32.8 Å². The van der Waals surface area contributed by atoms with Gasteiger partial charge in [-0.15, -0.1) is 0 Å². The van der Waals surface area contributed by atoms with E-state index >= 15 is 0 Å². The van der Waals surface area contributed by atoms with Gasteiger partial charge in [-0.25, -0.2) is 8.42 Å². The normalized spacial score (nSPS) is 11.5. The second kappa shape index (κ2) is 7.47. The summed E-state index contributed by atoms with van der Waals surface area (Å²) < 4.78 is 31.1. The molecule has 0 bridgehead atoms. The van der Waals surface area contributed by atoms with Gasteiger partial charge >= 0.3 is 5.97 Å². The van der Waals surface area contributed by atoms with Crippen LogP contribution in [0.5, 0.6) is 0 Å². The van der Waals surface area contributed by atoms with E-state index in [0.717, 1.165) is 8.78 Å². The highest BCUT2D eigenvalue weighted by Crippen LogP contribution is 2.30. The number of ether oxygens (including phenoxy) is 1. The number of carbonyl (C=O) groups excluding carboxylic acids is 1. The molecule has 1 aromatic carbocycles. The monoisotopic (exact) mass is 397 g/mol. The maximum atomic E-state index is 12.2. The van der Waals surface area contributed by atoms with Crippen molar-refractivity contribution in [2.24, 2.45) is 0 Å². The Morgan fingerprint density at radius 2 is 2.05 bits per heavy atom. The van der Waals surface area contributed by atoms with Gasteiger partial charge in [-0.1, -0.05) is 27.5 Å². The predicted octanol–water partition coefficient (Wildman–Crippen LogP) is 3.21. The maximum absolute atomic E-state index is 12.2. The Morgan fingerprint density at radius 3 is 2.52 bits per heavy atom. The number of carbonyl (C=O) groups is 1. The topological polar surface area (TPSA) is 63.7 Å². The molecule has 118 valence electrons. The van der Waals surface area contributed by atoms with Crippen molar-refractivity contribution in [1.82, 2.24) is 0 Å². The summed E-state index contributed by atoms with van der Waals surface area (Å²) in [7, 11) is -3.65. The van der Waals surface area contributed by atoms with Crippen molar-refractivity contribution < 1.29 is 17.9 Å². The summed E-state index contributed by atoms with van der Waals surface area (Å²) in [5.41, 5.74) is 0.252. The number of hydrogen-bond acceptors (Lipinski definition) is 4. The van der Waals surface area contributed by atoms with Gasteiger partial charge < -0.3 is 4.74 Å². The third-order valence-electron chi connectivity index (χ3n) is 2.52. The lowest BCUT2D eigenvalue weighted by Gasteiger charge is -2.24. The Morgan fingerprint density at radius 1 is 1.43 bits per heavy atom. The van der Waals surface area contributed by atoms with E-state index in [4.69, 9.17) is 16.3 Å². The Hall–Kier alpha value is -0.790. The molecule has 0 aliphatic carbocycles. The van der Waals surface area contributed by atoms with Crippen molar-refractivity contribution in [3.8, 4) is 0 Å². The zero-order valence-electron chi connectivity index (χ0n) is 12.0. The largest absolute Gasteiger partial charge is 0.462 e. The molecule has 0 atom stereocenters. The molecule has 8 heteroatoms. The van der Waals surface area contributed by atoms with Crippen molar-refractivity contribution >= 4 is 49.2 Å². The lowest BCUT2D eigenvalue weighted by atomic mass is 10.3. The Bertz CT molecular complexity index is 619. The number of halogens is 2. The highest BCUT2D eigenvalue weighted by Gasteiger charge is 2.26. The molecule has 0 amide bonds. The summed E-state index contributed by atoms with van der Waals surface area (Å²) in [5.74, 6) is -0.769. The predicted molar refractivity (Wildman–Crippen MR) is 87.2 cm³/mol. The molecule has 0 fully saturated rings. The zero-order chi connectivity index (χ0) is 16.2. The first-order valence-electron chi connectivity index (χ1n) is 6.32. The molecule has 21 heavy (non-hydrogen) atoms. The van der Waals surface area contributed by atoms with E-state index in [1.807, 2.05) is 0 Å². The number of anilines is 1. The fourth-order valence-corrected chi connectivity index (χ4v) is 3.49. The molecule has 1 aromatic rings. The second-order valence-electron chi connectivity index (χ2n) is 4.54. The summed E-state index contributed by atoms with van der Waals surface area (Å²) in [4.78, 5) is 11.8. The van der Waals surface area contributed by atoms with E-state index in [-0.39, 0.29) is 22.6 Å². The first kappa shape index (κ1) is 18.3. The molecular formula is C13H17BrClNO4S. The number of benzene rings is 1. The van der Waals surface area contributed by atoms with Crippen molar-refractivity contribution in [3.05, 3.63) is 27.7 Å². The zero-order valence-corrected chi connectivity index (χ0v) is 15.1. The second-order valence-corrected chi connectivity index (χ2v) is 8.05. The third-order valence-corrected chi connectivity index (χ3v) is 5.04. The summed E-state index contributed by atoms with van der Waals surface area (Å²) >= 11 is 9.34. The molecular weight excluding hydrogens is 382 g/mol. The van der Waals surface area contributed by atoms with Crippen LogP contribution >= 0.6 is 27.5 Å². The molecule has 0 aliphatic rings. The van der Waals surface area contributed by atoms with Gasteiger partial charge in [-0.3, -0.25) is 9.10 Å².